The predicted molar refractivity (Wildman–Crippen MR) is 117 cm³/mol. The van der Waals surface area contributed by atoms with E-state index in [9.17, 15) is 4.79 Å². The molecule has 28 heavy (non-hydrogen) atoms. The summed E-state index contributed by atoms with van der Waals surface area (Å²) in [6.07, 6.45) is 4.70. The Hall–Kier alpha value is -3.18. The van der Waals surface area contributed by atoms with Crippen LogP contribution in [-0.4, -0.2) is 34.7 Å². The van der Waals surface area contributed by atoms with Crippen LogP contribution in [-0.2, 0) is 6.54 Å². The van der Waals surface area contributed by atoms with Crippen LogP contribution < -0.4 is 5.56 Å². The number of pyridine rings is 1. The van der Waals surface area contributed by atoms with E-state index in [0.717, 1.165) is 47.0 Å². The number of fused-ring (bicyclic) bond motifs is 3. The molecular weight excluding hydrogens is 348 g/mol. The molecule has 0 unspecified atom stereocenters. The molecule has 0 aliphatic carbocycles. The van der Waals surface area contributed by atoms with Crippen molar-refractivity contribution in [2.24, 2.45) is 4.99 Å². The minimum absolute atomic E-state index is 0.118. The van der Waals surface area contributed by atoms with E-state index in [1.165, 1.54) is 5.56 Å². The van der Waals surface area contributed by atoms with Crippen LogP contribution in [0.1, 0.15) is 24.5 Å². The van der Waals surface area contributed by atoms with Crippen LogP contribution in [0.5, 0.6) is 0 Å². The Labute approximate surface area is 163 Å². The summed E-state index contributed by atoms with van der Waals surface area (Å²) in [6.45, 7) is 4.19. The van der Waals surface area contributed by atoms with Gasteiger partial charge in [0.05, 0.1) is 11.3 Å². The van der Waals surface area contributed by atoms with Gasteiger partial charge in [0.15, 0.2) is 0 Å². The Balaban J connectivity index is 1.65. The van der Waals surface area contributed by atoms with Gasteiger partial charge in [-0.1, -0.05) is 25.1 Å². The number of hydrogen-bond donors (Lipinski definition) is 2. The van der Waals surface area contributed by atoms with Crippen LogP contribution in [0.25, 0.3) is 21.8 Å². The average molecular weight is 372 g/mol. The molecule has 0 spiro atoms. The van der Waals surface area contributed by atoms with E-state index in [0.29, 0.717) is 5.56 Å². The molecule has 2 N–H and O–H groups in total. The predicted octanol–water partition coefficient (Wildman–Crippen LogP) is 4.60. The highest BCUT2D eigenvalue weighted by Gasteiger charge is 2.11. The summed E-state index contributed by atoms with van der Waals surface area (Å²) in [5, 5.41) is 1.91. The smallest absolute Gasteiger partial charge is 0.257 e. The molecule has 0 saturated carbocycles. The molecule has 4 rings (SSSR count). The summed E-state index contributed by atoms with van der Waals surface area (Å²) in [6, 6.07) is 16.0. The number of aromatic nitrogens is 2. The van der Waals surface area contributed by atoms with Gasteiger partial charge >= 0.3 is 0 Å². The Morgan fingerprint density at radius 3 is 2.64 bits per heavy atom. The van der Waals surface area contributed by atoms with E-state index in [4.69, 9.17) is 0 Å². The number of rotatable bonds is 6. The van der Waals surface area contributed by atoms with Gasteiger partial charge in [-0.3, -0.25) is 9.79 Å². The first-order valence-electron chi connectivity index (χ1n) is 9.59. The van der Waals surface area contributed by atoms with Crippen LogP contribution >= 0.6 is 0 Å². The highest BCUT2D eigenvalue weighted by Crippen LogP contribution is 2.24. The van der Waals surface area contributed by atoms with Crippen molar-refractivity contribution in [3.8, 4) is 0 Å². The van der Waals surface area contributed by atoms with Crippen LogP contribution in [0, 0.1) is 0 Å². The molecule has 0 saturated heterocycles. The number of aromatic amines is 2. The summed E-state index contributed by atoms with van der Waals surface area (Å²) < 4.78 is 0. The van der Waals surface area contributed by atoms with Crippen LogP contribution in [0.15, 0.2) is 64.5 Å². The van der Waals surface area contributed by atoms with E-state index in [1.807, 2.05) is 42.6 Å². The Morgan fingerprint density at radius 2 is 1.86 bits per heavy atom. The molecule has 0 aliphatic rings. The first-order chi connectivity index (χ1) is 13.7. The first-order valence-corrected chi connectivity index (χ1v) is 9.59. The first kappa shape index (κ1) is 18.2. The molecule has 0 bridgehead atoms. The second-order valence-electron chi connectivity index (χ2n) is 7.15. The SMILES string of the molecule is CCCN(C)Cc1ccc(N=Cc2c(=O)[nH]c3ccc4[nH]cccc4c23)cc1. The fourth-order valence-corrected chi connectivity index (χ4v) is 3.62. The normalized spacial score (nSPS) is 12.0. The maximum Gasteiger partial charge on any atom is 0.257 e. The lowest BCUT2D eigenvalue weighted by atomic mass is 10.1. The molecule has 0 amide bonds. The van der Waals surface area contributed by atoms with Crippen molar-refractivity contribution in [1.29, 1.82) is 0 Å². The Morgan fingerprint density at radius 1 is 1.07 bits per heavy atom. The van der Waals surface area contributed by atoms with E-state index >= 15 is 0 Å². The molecule has 0 radical (unpaired) electrons. The van der Waals surface area contributed by atoms with Gasteiger partial charge in [-0.15, -0.1) is 0 Å². The maximum atomic E-state index is 12.5. The number of nitrogens with zero attached hydrogens (tertiary/aromatic N) is 2. The zero-order chi connectivity index (χ0) is 19.5. The van der Waals surface area contributed by atoms with Crippen molar-refractivity contribution >= 4 is 33.7 Å². The quantitative estimate of drug-likeness (QED) is 0.486. The zero-order valence-corrected chi connectivity index (χ0v) is 16.2. The lowest BCUT2D eigenvalue weighted by Crippen LogP contribution is -2.18. The summed E-state index contributed by atoms with van der Waals surface area (Å²) in [5.74, 6) is 0. The Bertz CT molecular complexity index is 1180. The maximum absolute atomic E-state index is 12.5. The molecular formula is C23H24N4O. The van der Waals surface area contributed by atoms with Gasteiger partial charge in [0, 0.05) is 40.8 Å². The van der Waals surface area contributed by atoms with Gasteiger partial charge in [-0.2, -0.15) is 0 Å². The van der Waals surface area contributed by atoms with Crippen LogP contribution in [0.3, 0.4) is 0 Å². The number of nitrogens with one attached hydrogen (secondary N) is 2. The van der Waals surface area contributed by atoms with Gasteiger partial charge in [0.2, 0.25) is 0 Å². The van der Waals surface area contributed by atoms with Crippen molar-refractivity contribution in [2.75, 3.05) is 13.6 Å². The van der Waals surface area contributed by atoms with Crippen molar-refractivity contribution in [2.45, 2.75) is 19.9 Å². The number of hydrogen-bond acceptors (Lipinski definition) is 3. The molecule has 2 aromatic heterocycles. The van der Waals surface area contributed by atoms with Crippen molar-refractivity contribution in [1.82, 2.24) is 14.9 Å². The molecule has 4 aromatic rings. The number of aliphatic imine (C=N–C) groups is 1. The summed E-state index contributed by atoms with van der Waals surface area (Å²) in [7, 11) is 2.13. The van der Waals surface area contributed by atoms with Gasteiger partial charge in [0.25, 0.3) is 5.56 Å². The number of H-pyrrole nitrogens is 2. The fraction of sp³-hybridized carbons (Fsp3) is 0.217. The lowest BCUT2D eigenvalue weighted by molar-refractivity contribution is 0.327. The number of benzene rings is 2. The monoisotopic (exact) mass is 372 g/mol. The second kappa shape index (κ2) is 7.82. The minimum atomic E-state index is -0.118. The summed E-state index contributed by atoms with van der Waals surface area (Å²) in [5.41, 5.74) is 4.38. The van der Waals surface area contributed by atoms with E-state index in [2.05, 4.69) is 46.0 Å². The highest BCUT2D eigenvalue weighted by molar-refractivity contribution is 6.13. The second-order valence-corrected chi connectivity index (χ2v) is 7.15. The van der Waals surface area contributed by atoms with Crippen LogP contribution in [0.2, 0.25) is 0 Å². The van der Waals surface area contributed by atoms with Gasteiger partial charge in [-0.25, -0.2) is 0 Å². The molecule has 2 aromatic carbocycles. The topological polar surface area (TPSA) is 64.2 Å². The molecule has 5 heteroatoms. The summed E-state index contributed by atoms with van der Waals surface area (Å²) >= 11 is 0. The third kappa shape index (κ3) is 3.62. The third-order valence-corrected chi connectivity index (χ3v) is 4.94. The van der Waals surface area contributed by atoms with Crippen molar-refractivity contribution in [3.05, 3.63) is 76.2 Å². The van der Waals surface area contributed by atoms with Gasteiger partial charge in [-0.05, 0) is 55.9 Å². The standard InChI is InChI=1S/C23H24N4O/c1-3-13-27(2)15-16-6-8-17(9-7-16)25-14-19-22-18-5-4-12-24-20(18)10-11-21(22)26-23(19)28/h4-12,14,24H,3,13,15H2,1-2H3,(H,26,28). The van der Waals surface area contributed by atoms with E-state index in [1.54, 1.807) is 6.21 Å². The molecule has 2 heterocycles. The average Bonchev–Trinajstić information content (AvgIpc) is 3.03. The van der Waals surface area contributed by atoms with Crippen LogP contribution in [0.4, 0.5) is 5.69 Å². The van der Waals surface area contributed by atoms with Gasteiger partial charge < -0.3 is 14.9 Å². The van der Waals surface area contributed by atoms with Crippen molar-refractivity contribution < 1.29 is 0 Å². The minimum Gasteiger partial charge on any atom is -0.361 e. The lowest BCUT2D eigenvalue weighted by Gasteiger charge is -2.15. The largest absolute Gasteiger partial charge is 0.361 e. The summed E-state index contributed by atoms with van der Waals surface area (Å²) in [4.78, 5) is 25.5. The molecule has 0 aliphatic heterocycles. The van der Waals surface area contributed by atoms with Gasteiger partial charge in [0.1, 0.15) is 0 Å². The Kier molecular flexibility index (Phi) is 5.08. The third-order valence-electron chi connectivity index (χ3n) is 4.94. The molecule has 142 valence electrons. The van der Waals surface area contributed by atoms with Crippen molar-refractivity contribution in [3.63, 3.8) is 0 Å². The molecule has 0 fully saturated rings. The fourth-order valence-electron chi connectivity index (χ4n) is 3.62. The van der Waals surface area contributed by atoms with E-state index in [-0.39, 0.29) is 5.56 Å². The molecule has 5 nitrogen and oxygen atoms in total. The molecule has 0 atom stereocenters. The zero-order valence-electron chi connectivity index (χ0n) is 16.2. The highest BCUT2D eigenvalue weighted by atomic mass is 16.1. The van der Waals surface area contributed by atoms with E-state index < -0.39 is 0 Å².